The first-order valence-electron chi connectivity index (χ1n) is 9.82. The third-order valence-corrected chi connectivity index (χ3v) is 6.83. The van der Waals surface area contributed by atoms with E-state index in [2.05, 4.69) is 10.6 Å². The summed E-state index contributed by atoms with van der Waals surface area (Å²) in [4.78, 5) is 12.4. The van der Waals surface area contributed by atoms with Crippen LogP contribution < -0.4 is 15.4 Å². The highest BCUT2D eigenvalue weighted by Gasteiger charge is 2.23. The van der Waals surface area contributed by atoms with Crippen LogP contribution in [0.25, 0.3) is 0 Å². The Morgan fingerprint density at radius 3 is 2.19 bits per heavy atom. The van der Waals surface area contributed by atoms with Crippen molar-refractivity contribution in [2.24, 2.45) is 0 Å². The lowest BCUT2D eigenvalue weighted by molar-refractivity contribution is -0.119. The van der Waals surface area contributed by atoms with Crippen molar-refractivity contribution >= 4 is 44.6 Å². The summed E-state index contributed by atoms with van der Waals surface area (Å²) in [5.41, 5.74) is 1.19. The van der Waals surface area contributed by atoms with Gasteiger partial charge < -0.3 is 15.4 Å². The Kier molecular flexibility index (Phi) is 8.01. The largest absolute Gasteiger partial charge is 0.494 e. The first kappa shape index (κ1) is 23.9. The molecule has 0 radical (unpaired) electrons. The van der Waals surface area contributed by atoms with Gasteiger partial charge in [0.2, 0.25) is 15.7 Å². The normalized spacial score (nSPS) is 11.1. The highest BCUT2D eigenvalue weighted by molar-refractivity contribution is 7.91. The van der Waals surface area contributed by atoms with E-state index in [0.29, 0.717) is 34.6 Å². The number of carbonyl (C=O) groups excluding carboxylic acids is 1. The van der Waals surface area contributed by atoms with E-state index in [-0.39, 0.29) is 22.2 Å². The fourth-order valence-corrected chi connectivity index (χ4v) is 4.61. The summed E-state index contributed by atoms with van der Waals surface area (Å²) < 4.78 is 32.0. The van der Waals surface area contributed by atoms with Crippen molar-refractivity contribution < 1.29 is 17.9 Å². The zero-order chi connectivity index (χ0) is 23.1. The van der Waals surface area contributed by atoms with Gasteiger partial charge in [0, 0.05) is 22.7 Å². The fraction of sp³-hybridized carbons (Fsp3) is 0.174. The smallest absolute Gasteiger partial charge is 0.239 e. The molecule has 0 aliphatic rings. The van der Waals surface area contributed by atoms with Crippen LogP contribution in [-0.2, 0) is 21.2 Å². The van der Waals surface area contributed by atoms with Crippen molar-refractivity contribution in [2.45, 2.75) is 23.3 Å². The van der Waals surface area contributed by atoms with E-state index in [4.69, 9.17) is 27.9 Å². The van der Waals surface area contributed by atoms with E-state index < -0.39 is 9.84 Å². The molecule has 32 heavy (non-hydrogen) atoms. The third-order valence-electron chi connectivity index (χ3n) is 4.52. The van der Waals surface area contributed by atoms with Gasteiger partial charge in [-0.2, -0.15) is 0 Å². The lowest BCUT2D eigenvalue weighted by Gasteiger charge is -2.15. The van der Waals surface area contributed by atoms with E-state index in [1.54, 1.807) is 24.3 Å². The molecule has 9 heteroatoms. The molecule has 0 aliphatic heterocycles. The summed E-state index contributed by atoms with van der Waals surface area (Å²) in [5, 5.41) is 6.75. The van der Waals surface area contributed by atoms with Crippen molar-refractivity contribution in [1.29, 1.82) is 0 Å². The van der Waals surface area contributed by atoms with Gasteiger partial charge in [0.1, 0.15) is 5.75 Å². The van der Waals surface area contributed by atoms with Gasteiger partial charge in [-0.15, -0.1) is 0 Å². The quantitative estimate of drug-likeness (QED) is 0.441. The minimum Gasteiger partial charge on any atom is -0.494 e. The fourth-order valence-electron chi connectivity index (χ4n) is 2.91. The average molecular weight is 493 g/mol. The molecule has 3 rings (SSSR count). The first-order valence-corrected chi connectivity index (χ1v) is 12.1. The maximum absolute atomic E-state index is 13.3. The Morgan fingerprint density at radius 1 is 0.938 bits per heavy atom. The second-order valence-electron chi connectivity index (χ2n) is 6.81. The second kappa shape index (κ2) is 10.7. The van der Waals surface area contributed by atoms with Crippen LogP contribution in [0.3, 0.4) is 0 Å². The zero-order valence-electron chi connectivity index (χ0n) is 17.3. The summed E-state index contributed by atoms with van der Waals surface area (Å²) in [5.74, 6) is 0.126. The predicted octanol–water partition coefficient (Wildman–Crippen LogP) is 4.95. The van der Waals surface area contributed by atoms with Crippen molar-refractivity contribution in [3.05, 3.63) is 82.3 Å². The van der Waals surface area contributed by atoms with Crippen LogP contribution in [0.2, 0.25) is 10.0 Å². The molecule has 0 saturated heterocycles. The van der Waals surface area contributed by atoms with Gasteiger partial charge in [-0.1, -0.05) is 35.3 Å². The number of nitrogens with one attached hydrogen (secondary N) is 2. The zero-order valence-corrected chi connectivity index (χ0v) is 19.6. The van der Waals surface area contributed by atoms with Crippen LogP contribution in [0.15, 0.2) is 76.5 Å². The summed E-state index contributed by atoms with van der Waals surface area (Å²) in [6.07, 6.45) is 0. The molecule has 0 aromatic heterocycles. The summed E-state index contributed by atoms with van der Waals surface area (Å²) in [6, 6.07) is 17.7. The van der Waals surface area contributed by atoms with Crippen LogP contribution in [0.1, 0.15) is 12.5 Å². The lowest BCUT2D eigenvalue weighted by Crippen LogP contribution is -2.29. The van der Waals surface area contributed by atoms with Gasteiger partial charge in [-0.05, 0) is 61.0 Å². The molecule has 0 saturated carbocycles. The molecule has 168 valence electrons. The number of rotatable bonds is 9. The molecular weight excluding hydrogens is 471 g/mol. The number of benzene rings is 3. The van der Waals surface area contributed by atoms with Crippen molar-refractivity contribution in [2.75, 3.05) is 18.5 Å². The van der Waals surface area contributed by atoms with Crippen LogP contribution >= 0.6 is 23.2 Å². The van der Waals surface area contributed by atoms with E-state index >= 15 is 0 Å². The number of anilines is 1. The van der Waals surface area contributed by atoms with E-state index in [9.17, 15) is 13.2 Å². The van der Waals surface area contributed by atoms with Crippen LogP contribution in [0.5, 0.6) is 5.75 Å². The van der Waals surface area contributed by atoms with Crippen LogP contribution in [-0.4, -0.2) is 27.5 Å². The van der Waals surface area contributed by atoms with Crippen LogP contribution in [0, 0.1) is 0 Å². The molecule has 6 nitrogen and oxygen atoms in total. The van der Waals surface area contributed by atoms with Gasteiger partial charge in [0.25, 0.3) is 0 Å². The molecule has 0 heterocycles. The maximum Gasteiger partial charge on any atom is 0.239 e. The highest BCUT2D eigenvalue weighted by Crippen LogP contribution is 2.31. The standard InChI is InChI=1S/C23H22Cl2N2O4S/c1-2-31-19-9-12-21(22(13-19)32(29,30)20-10-7-18(25)8-11-20)26-15-23(28)27-14-16-3-5-17(24)6-4-16/h3-13,26H,2,14-15H2,1H3,(H,27,28). The molecule has 0 unspecified atom stereocenters. The number of hydrogen-bond donors (Lipinski definition) is 2. The summed E-state index contributed by atoms with van der Waals surface area (Å²) in [6.45, 7) is 2.42. The lowest BCUT2D eigenvalue weighted by atomic mass is 10.2. The SMILES string of the molecule is CCOc1ccc(NCC(=O)NCc2ccc(Cl)cc2)c(S(=O)(=O)c2ccc(Cl)cc2)c1. The Labute approximate surface area is 197 Å². The molecule has 3 aromatic rings. The van der Waals surface area contributed by atoms with Crippen LogP contribution in [0.4, 0.5) is 5.69 Å². The number of carbonyl (C=O) groups is 1. The first-order chi connectivity index (χ1) is 15.3. The molecule has 0 bridgehead atoms. The number of hydrogen-bond acceptors (Lipinski definition) is 5. The topological polar surface area (TPSA) is 84.5 Å². The summed E-state index contributed by atoms with van der Waals surface area (Å²) >= 11 is 11.8. The van der Waals surface area contributed by atoms with Gasteiger partial charge in [0.15, 0.2) is 0 Å². The Bertz CT molecular complexity index is 1180. The van der Waals surface area contributed by atoms with E-state index in [0.717, 1.165) is 5.56 Å². The molecule has 1 amide bonds. The minimum atomic E-state index is -3.88. The highest BCUT2D eigenvalue weighted by atomic mass is 35.5. The molecule has 0 atom stereocenters. The Balaban J connectivity index is 1.77. The minimum absolute atomic E-state index is 0.0104. The third kappa shape index (κ3) is 6.16. The number of sulfone groups is 1. The number of amides is 1. The monoisotopic (exact) mass is 492 g/mol. The van der Waals surface area contributed by atoms with E-state index in [1.165, 1.54) is 30.3 Å². The predicted molar refractivity (Wildman–Crippen MR) is 126 cm³/mol. The molecule has 2 N–H and O–H groups in total. The van der Waals surface area contributed by atoms with E-state index in [1.807, 2.05) is 19.1 Å². The van der Waals surface area contributed by atoms with Gasteiger partial charge in [-0.3, -0.25) is 4.79 Å². The Morgan fingerprint density at radius 2 is 1.56 bits per heavy atom. The number of halogens is 2. The second-order valence-corrected chi connectivity index (χ2v) is 9.60. The molecule has 3 aromatic carbocycles. The Hall–Kier alpha value is -2.74. The van der Waals surface area contributed by atoms with Crippen molar-refractivity contribution in [3.63, 3.8) is 0 Å². The molecule has 0 aliphatic carbocycles. The molecular formula is C23H22Cl2N2O4S. The van der Waals surface area contributed by atoms with Crippen molar-refractivity contribution in [1.82, 2.24) is 5.32 Å². The molecule has 0 spiro atoms. The number of ether oxygens (including phenoxy) is 1. The average Bonchev–Trinajstić information content (AvgIpc) is 2.78. The van der Waals surface area contributed by atoms with Gasteiger partial charge in [0.05, 0.1) is 28.6 Å². The van der Waals surface area contributed by atoms with Crippen molar-refractivity contribution in [3.8, 4) is 5.75 Å². The summed E-state index contributed by atoms with van der Waals surface area (Å²) in [7, 11) is -3.88. The maximum atomic E-state index is 13.3. The van der Waals surface area contributed by atoms with Gasteiger partial charge in [-0.25, -0.2) is 8.42 Å². The van der Waals surface area contributed by atoms with Gasteiger partial charge >= 0.3 is 0 Å². The molecule has 0 fully saturated rings.